The maximum atomic E-state index is 9.87. The number of rotatable bonds is 2. The monoisotopic (exact) mass is 123 g/mol. The van der Waals surface area contributed by atoms with Crippen LogP contribution in [0.4, 0.5) is 0 Å². The predicted octanol–water partition coefficient (Wildman–Crippen LogP) is -0.387. The molecule has 0 spiro atoms. The maximum Gasteiger partial charge on any atom is 0.139 e. The van der Waals surface area contributed by atoms with E-state index in [9.17, 15) is 4.79 Å². The Morgan fingerprint density at radius 3 is 2.67 bits per heavy atom. The molecule has 0 bridgehead atoms. The average molecular weight is 123 g/mol. The number of aldehydes is 1. The van der Waals surface area contributed by atoms with Gasteiger partial charge in [0.1, 0.15) is 24.8 Å². The topological polar surface area (TPSA) is 55.7 Å². The van der Waals surface area contributed by atoms with Crippen LogP contribution in [-0.2, 0) is 11.2 Å². The highest BCUT2D eigenvalue weighted by molar-refractivity contribution is 5.52. The van der Waals surface area contributed by atoms with E-state index in [1.54, 1.807) is 0 Å². The Morgan fingerprint density at radius 2 is 2.11 bits per heavy atom. The van der Waals surface area contributed by atoms with Gasteiger partial charge >= 0.3 is 0 Å². The van der Waals surface area contributed by atoms with E-state index >= 15 is 0 Å². The zero-order valence-corrected chi connectivity index (χ0v) is 4.69. The maximum absolute atomic E-state index is 9.87. The third-order valence-electron chi connectivity index (χ3n) is 0.813. The molecule has 1 heterocycles. The van der Waals surface area contributed by atoms with Crippen LogP contribution >= 0.6 is 0 Å². The second-order valence-electron chi connectivity index (χ2n) is 1.43. The van der Waals surface area contributed by atoms with Gasteiger partial charge in [-0.05, 0) is 0 Å². The lowest BCUT2D eigenvalue weighted by Crippen LogP contribution is -1.94. The highest BCUT2D eigenvalue weighted by Gasteiger charge is 1.89. The molecule has 1 rings (SSSR count). The fraction of sp³-hybridized carbons (Fsp3) is 0.200. The van der Waals surface area contributed by atoms with Crippen LogP contribution in [-0.4, -0.2) is 21.2 Å². The number of nitrogens with zero attached hydrogens (tertiary/aromatic N) is 3. The van der Waals surface area contributed by atoms with E-state index in [1.807, 2.05) is 0 Å². The summed E-state index contributed by atoms with van der Waals surface area (Å²) in [6.45, 7) is 0. The van der Waals surface area contributed by atoms with E-state index in [4.69, 9.17) is 0 Å². The number of hydrogen-bond acceptors (Lipinski definition) is 4. The summed E-state index contributed by atoms with van der Waals surface area (Å²) in [4.78, 5) is 20.9. The lowest BCUT2D eigenvalue weighted by atomic mass is 10.4. The Morgan fingerprint density at radius 1 is 1.44 bits per heavy atom. The first-order valence-corrected chi connectivity index (χ1v) is 2.48. The van der Waals surface area contributed by atoms with Gasteiger partial charge in [-0.2, -0.15) is 0 Å². The fourth-order valence-corrected chi connectivity index (χ4v) is 0.443. The minimum atomic E-state index is 0.266. The Hall–Kier alpha value is -1.32. The van der Waals surface area contributed by atoms with Gasteiger partial charge in [0.05, 0.1) is 6.42 Å². The van der Waals surface area contributed by atoms with Gasteiger partial charge < -0.3 is 4.79 Å². The van der Waals surface area contributed by atoms with Crippen LogP contribution in [0.25, 0.3) is 0 Å². The van der Waals surface area contributed by atoms with Crippen LogP contribution in [0, 0.1) is 0 Å². The van der Waals surface area contributed by atoms with Crippen molar-refractivity contribution >= 4 is 6.29 Å². The summed E-state index contributed by atoms with van der Waals surface area (Å²) in [7, 11) is 0. The second kappa shape index (κ2) is 2.86. The summed E-state index contributed by atoms with van der Waals surface area (Å²) < 4.78 is 0. The van der Waals surface area contributed by atoms with Gasteiger partial charge in [0, 0.05) is 0 Å². The summed E-state index contributed by atoms with van der Waals surface area (Å²) in [5.74, 6) is 0.514. The number of carbonyl (C=O) groups is 1. The average Bonchev–Trinajstić information content (AvgIpc) is 1.91. The molecule has 1 aromatic rings. The number of hydrogen-bond donors (Lipinski definition) is 0. The first kappa shape index (κ1) is 5.81. The summed E-state index contributed by atoms with van der Waals surface area (Å²) in [6, 6.07) is 0. The second-order valence-corrected chi connectivity index (χ2v) is 1.43. The van der Waals surface area contributed by atoms with Crippen molar-refractivity contribution in [3.05, 3.63) is 18.5 Å². The Labute approximate surface area is 52.0 Å². The van der Waals surface area contributed by atoms with Crippen LogP contribution in [0.2, 0.25) is 0 Å². The van der Waals surface area contributed by atoms with Crippen molar-refractivity contribution in [1.82, 2.24) is 15.0 Å². The van der Waals surface area contributed by atoms with Crippen molar-refractivity contribution in [3.8, 4) is 0 Å². The molecule has 0 aliphatic carbocycles. The zero-order chi connectivity index (χ0) is 6.53. The van der Waals surface area contributed by atoms with E-state index < -0.39 is 0 Å². The summed E-state index contributed by atoms with van der Waals surface area (Å²) in [5.41, 5.74) is 0. The zero-order valence-electron chi connectivity index (χ0n) is 4.69. The third-order valence-corrected chi connectivity index (χ3v) is 0.813. The standard InChI is InChI=1S/C5H5N3O/c9-2-1-5-7-3-6-4-8-5/h2-4H,1H2. The summed E-state index contributed by atoms with van der Waals surface area (Å²) >= 11 is 0. The van der Waals surface area contributed by atoms with Crippen LogP contribution in [0.5, 0.6) is 0 Å². The van der Waals surface area contributed by atoms with Gasteiger partial charge in [-0.25, -0.2) is 15.0 Å². The van der Waals surface area contributed by atoms with Crippen molar-refractivity contribution in [2.45, 2.75) is 6.42 Å². The Bertz CT molecular complexity index is 187. The van der Waals surface area contributed by atoms with Crippen molar-refractivity contribution in [2.24, 2.45) is 0 Å². The lowest BCUT2D eigenvalue weighted by Gasteiger charge is -1.86. The molecule has 0 aromatic carbocycles. The molecule has 0 radical (unpaired) electrons. The molecule has 4 nitrogen and oxygen atoms in total. The molecule has 0 fully saturated rings. The van der Waals surface area contributed by atoms with Crippen molar-refractivity contribution in [2.75, 3.05) is 0 Å². The Kier molecular flexibility index (Phi) is 1.85. The molecule has 0 saturated carbocycles. The van der Waals surface area contributed by atoms with Crippen molar-refractivity contribution in [3.63, 3.8) is 0 Å². The van der Waals surface area contributed by atoms with Crippen LogP contribution in [0.3, 0.4) is 0 Å². The minimum Gasteiger partial charge on any atom is -0.303 e. The SMILES string of the molecule is O=CCc1ncncn1. The van der Waals surface area contributed by atoms with Gasteiger partial charge in [0.2, 0.25) is 0 Å². The molecule has 9 heavy (non-hydrogen) atoms. The summed E-state index contributed by atoms with van der Waals surface area (Å²) in [6.07, 6.45) is 3.76. The molecule has 0 aliphatic rings. The quantitative estimate of drug-likeness (QED) is 0.503. The van der Waals surface area contributed by atoms with E-state index in [1.165, 1.54) is 12.7 Å². The van der Waals surface area contributed by atoms with Gasteiger partial charge in [0.15, 0.2) is 0 Å². The highest BCUT2D eigenvalue weighted by Crippen LogP contribution is 1.81. The largest absolute Gasteiger partial charge is 0.303 e. The first-order valence-electron chi connectivity index (χ1n) is 2.48. The van der Waals surface area contributed by atoms with Crippen molar-refractivity contribution < 1.29 is 4.79 Å². The third kappa shape index (κ3) is 1.56. The molecular formula is C5H5N3O. The van der Waals surface area contributed by atoms with E-state index in [-0.39, 0.29) is 6.42 Å². The van der Waals surface area contributed by atoms with Crippen molar-refractivity contribution in [1.29, 1.82) is 0 Å². The predicted molar refractivity (Wildman–Crippen MR) is 29.6 cm³/mol. The fourth-order valence-electron chi connectivity index (χ4n) is 0.443. The first-order chi connectivity index (χ1) is 4.43. The van der Waals surface area contributed by atoms with Gasteiger partial charge in [-0.15, -0.1) is 0 Å². The van der Waals surface area contributed by atoms with Crippen LogP contribution in [0.15, 0.2) is 12.7 Å². The van der Waals surface area contributed by atoms with Gasteiger partial charge in [0.25, 0.3) is 0 Å². The molecule has 46 valence electrons. The molecule has 0 atom stereocenters. The highest BCUT2D eigenvalue weighted by atomic mass is 16.1. The normalized spacial score (nSPS) is 8.89. The molecule has 0 unspecified atom stereocenters. The minimum absolute atomic E-state index is 0.266. The smallest absolute Gasteiger partial charge is 0.139 e. The van der Waals surface area contributed by atoms with E-state index in [0.717, 1.165) is 6.29 Å². The lowest BCUT2D eigenvalue weighted by molar-refractivity contribution is -0.107. The van der Waals surface area contributed by atoms with Gasteiger partial charge in [-0.1, -0.05) is 0 Å². The molecule has 0 aliphatic heterocycles. The molecule has 0 saturated heterocycles. The number of aromatic nitrogens is 3. The van der Waals surface area contributed by atoms with Crippen LogP contribution in [0.1, 0.15) is 5.82 Å². The molecule has 4 heteroatoms. The Balaban J connectivity index is 2.72. The molecule has 0 amide bonds. The van der Waals surface area contributed by atoms with E-state index in [2.05, 4.69) is 15.0 Å². The molecular weight excluding hydrogens is 118 g/mol. The van der Waals surface area contributed by atoms with Gasteiger partial charge in [-0.3, -0.25) is 0 Å². The summed E-state index contributed by atoms with van der Waals surface area (Å²) in [5, 5.41) is 0. The molecule has 0 N–H and O–H groups in total. The number of carbonyl (C=O) groups excluding carboxylic acids is 1. The van der Waals surface area contributed by atoms with Crippen LogP contribution < -0.4 is 0 Å². The molecule has 1 aromatic heterocycles. The van der Waals surface area contributed by atoms with E-state index in [0.29, 0.717) is 5.82 Å².